The van der Waals surface area contributed by atoms with E-state index in [0.29, 0.717) is 6.54 Å². The van der Waals surface area contributed by atoms with Crippen LogP contribution in [0.4, 0.5) is 4.39 Å². The van der Waals surface area contributed by atoms with Gasteiger partial charge in [-0.05, 0) is 35.2 Å². The molecule has 0 atom stereocenters. The highest BCUT2D eigenvalue weighted by molar-refractivity contribution is 5.83. The fourth-order valence-corrected chi connectivity index (χ4v) is 2.29. The molecule has 0 aliphatic rings. The molecule has 0 radical (unpaired) electrons. The van der Waals surface area contributed by atoms with Crippen LogP contribution in [0, 0.1) is 5.82 Å². The highest BCUT2D eigenvalue weighted by Crippen LogP contribution is 2.14. The fourth-order valence-electron chi connectivity index (χ4n) is 2.29. The van der Waals surface area contributed by atoms with E-state index < -0.39 is 0 Å². The number of fused-ring (bicyclic) bond motifs is 1. The van der Waals surface area contributed by atoms with E-state index in [4.69, 9.17) is 0 Å². The molecule has 0 aliphatic heterocycles. The summed E-state index contributed by atoms with van der Waals surface area (Å²) >= 11 is 0. The molecule has 0 bridgehead atoms. The predicted molar refractivity (Wildman–Crippen MR) is 80.2 cm³/mol. The molecule has 1 heterocycles. The molecule has 1 aromatic heterocycles. The third-order valence-electron chi connectivity index (χ3n) is 3.40. The maximum Gasteiger partial charge on any atom is 0.240 e. The number of halogens is 1. The van der Waals surface area contributed by atoms with Crippen molar-refractivity contribution in [3.8, 4) is 0 Å². The van der Waals surface area contributed by atoms with Crippen molar-refractivity contribution in [2.45, 2.75) is 13.1 Å². The molecular weight excluding hydrogens is 267 g/mol. The van der Waals surface area contributed by atoms with Crippen LogP contribution in [0.1, 0.15) is 5.56 Å². The lowest BCUT2D eigenvalue weighted by atomic mass is 10.2. The van der Waals surface area contributed by atoms with Gasteiger partial charge in [0.25, 0.3) is 0 Å². The zero-order chi connectivity index (χ0) is 14.7. The van der Waals surface area contributed by atoms with E-state index in [2.05, 4.69) is 5.32 Å². The normalized spacial score (nSPS) is 10.7. The number of carbonyl (C=O) groups excluding carboxylic acids is 1. The quantitative estimate of drug-likeness (QED) is 0.784. The fraction of sp³-hybridized carbons (Fsp3) is 0.118. The largest absolute Gasteiger partial charge is 0.350 e. The number of nitrogens with one attached hydrogen (secondary N) is 1. The summed E-state index contributed by atoms with van der Waals surface area (Å²) in [5.74, 6) is -0.343. The second kappa shape index (κ2) is 5.79. The SMILES string of the molecule is O=C(Cn1ccc2ccccc21)NCc1ccc(F)cc1. The number of aromatic nitrogens is 1. The number of benzene rings is 2. The Morgan fingerprint density at radius 1 is 1.05 bits per heavy atom. The van der Waals surface area contributed by atoms with Crippen LogP contribution in [0.3, 0.4) is 0 Å². The van der Waals surface area contributed by atoms with Crippen LogP contribution in [0.25, 0.3) is 10.9 Å². The Labute approximate surface area is 122 Å². The average molecular weight is 282 g/mol. The number of carbonyl (C=O) groups is 1. The number of para-hydroxylation sites is 1. The van der Waals surface area contributed by atoms with Crippen molar-refractivity contribution in [3.05, 3.63) is 72.2 Å². The van der Waals surface area contributed by atoms with Crippen LogP contribution < -0.4 is 5.32 Å². The van der Waals surface area contributed by atoms with E-state index >= 15 is 0 Å². The minimum absolute atomic E-state index is 0.0688. The minimum atomic E-state index is -0.274. The molecule has 106 valence electrons. The lowest BCUT2D eigenvalue weighted by Crippen LogP contribution is -2.26. The predicted octanol–water partition coefficient (Wildman–Crippen LogP) is 3.10. The Kier molecular flexibility index (Phi) is 3.69. The number of nitrogens with zero attached hydrogens (tertiary/aromatic N) is 1. The molecule has 1 N–H and O–H groups in total. The first-order valence-electron chi connectivity index (χ1n) is 6.77. The maximum atomic E-state index is 12.8. The van der Waals surface area contributed by atoms with E-state index in [1.54, 1.807) is 12.1 Å². The Balaban J connectivity index is 1.62. The minimum Gasteiger partial charge on any atom is -0.350 e. The van der Waals surface area contributed by atoms with Crippen molar-refractivity contribution in [2.24, 2.45) is 0 Å². The molecule has 0 spiro atoms. The molecule has 2 aromatic carbocycles. The molecular formula is C17H15FN2O. The monoisotopic (exact) mass is 282 g/mol. The molecule has 4 heteroatoms. The third kappa shape index (κ3) is 3.11. The van der Waals surface area contributed by atoms with E-state index in [9.17, 15) is 9.18 Å². The third-order valence-corrected chi connectivity index (χ3v) is 3.40. The van der Waals surface area contributed by atoms with Gasteiger partial charge in [-0.3, -0.25) is 4.79 Å². The number of hydrogen-bond acceptors (Lipinski definition) is 1. The van der Waals surface area contributed by atoms with E-state index in [1.165, 1.54) is 12.1 Å². The van der Waals surface area contributed by atoms with E-state index in [1.807, 2.05) is 41.1 Å². The molecule has 3 nitrogen and oxygen atoms in total. The van der Waals surface area contributed by atoms with Gasteiger partial charge in [0.15, 0.2) is 0 Å². The molecule has 0 fully saturated rings. The van der Waals surface area contributed by atoms with Gasteiger partial charge in [0.2, 0.25) is 5.91 Å². The van der Waals surface area contributed by atoms with Crippen LogP contribution in [0.5, 0.6) is 0 Å². The first kappa shape index (κ1) is 13.4. The molecule has 0 unspecified atom stereocenters. The summed E-state index contributed by atoms with van der Waals surface area (Å²) in [4.78, 5) is 12.0. The Bertz CT molecular complexity index is 762. The summed E-state index contributed by atoms with van der Waals surface area (Å²) in [6, 6.07) is 16.0. The maximum absolute atomic E-state index is 12.8. The number of hydrogen-bond donors (Lipinski definition) is 1. The summed E-state index contributed by atoms with van der Waals surface area (Å²) in [7, 11) is 0. The topological polar surface area (TPSA) is 34.0 Å². The standard InChI is InChI=1S/C17H15FN2O/c18-15-7-5-13(6-8-15)11-19-17(21)12-20-10-9-14-3-1-2-4-16(14)20/h1-10H,11-12H2,(H,19,21). The smallest absolute Gasteiger partial charge is 0.240 e. The van der Waals surface area contributed by atoms with Gasteiger partial charge in [0, 0.05) is 18.3 Å². The van der Waals surface area contributed by atoms with Crippen molar-refractivity contribution in [1.82, 2.24) is 9.88 Å². The van der Waals surface area contributed by atoms with Crippen molar-refractivity contribution in [2.75, 3.05) is 0 Å². The molecule has 0 aliphatic carbocycles. The van der Waals surface area contributed by atoms with E-state index in [0.717, 1.165) is 16.5 Å². The van der Waals surface area contributed by atoms with Crippen LogP contribution in [0.15, 0.2) is 60.8 Å². The van der Waals surface area contributed by atoms with Gasteiger partial charge >= 0.3 is 0 Å². The number of amides is 1. The molecule has 21 heavy (non-hydrogen) atoms. The summed E-state index contributed by atoms with van der Waals surface area (Å²) in [6.45, 7) is 0.674. The molecule has 3 aromatic rings. The van der Waals surface area contributed by atoms with Crippen LogP contribution in [0.2, 0.25) is 0 Å². The van der Waals surface area contributed by atoms with Crippen LogP contribution in [-0.4, -0.2) is 10.5 Å². The van der Waals surface area contributed by atoms with Gasteiger partial charge in [-0.2, -0.15) is 0 Å². The van der Waals surface area contributed by atoms with Gasteiger partial charge in [-0.15, -0.1) is 0 Å². The first-order valence-corrected chi connectivity index (χ1v) is 6.77. The van der Waals surface area contributed by atoms with Crippen LogP contribution in [-0.2, 0) is 17.9 Å². The summed E-state index contributed by atoms with van der Waals surface area (Å²) in [6.07, 6.45) is 1.90. The van der Waals surface area contributed by atoms with Gasteiger partial charge in [0.1, 0.15) is 12.4 Å². The molecule has 3 rings (SSSR count). The molecule has 0 saturated heterocycles. The van der Waals surface area contributed by atoms with E-state index in [-0.39, 0.29) is 18.3 Å². The van der Waals surface area contributed by atoms with Crippen LogP contribution >= 0.6 is 0 Å². The van der Waals surface area contributed by atoms with Gasteiger partial charge in [-0.1, -0.05) is 30.3 Å². The highest BCUT2D eigenvalue weighted by atomic mass is 19.1. The van der Waals surface area contributed by atoms with Crippen molar-refractivity contribution < 1.29 is 9.18 Å². The van der Waals surface area contributed by atoms with Crippen molar-refractivity contribution in [1.29, 1.82) is 0 Å². The van der Waals surface area contributed by atoms with Gasteiger partial charge in [0.05, 0.1) is 0 Å². The molecule has 0 saturated carbocycles. The summed E-state index contributed by atoms with van der Waals surface area (Å²) < 4.78 is 14.7. The molecule has 1 amide bonds. The Morgan fingerprint density at radius 3 is 2.62 bits per heavy atom. The highest BCUT2D eigenvalue weighted by Gasteiger charge is 2.05. The Hall–Kier alpha value is -2.62. The zero-order valence-electron chi connectivity index (χ0n) is 11.4. The summed E-state index contributed by atoms with van der Waals surface area (Å²) in [5.41, 5.74) is 1.91. The second-order valence-electron chi connectivity index (χ2n) is 4.91. The average Bonchev–Trinajstić information content (AvgIpc) is 2.90. The van der Waals surface area contributed by atoms with Gasteiger partial charge < -0.3 is 9.88 Å². The van der Waals surface area contributed by atoms with Crippen molar-refractivity contribution in [3.63, 3.8) is 0 Å². The Morgan fingerprint density at radius 2 is 1.81 bits per heavy atom. The second-order valence-corrected chi connectivity index (χ2v) is 4.91. The lowest BCUT2D eigenvalue weighted by molar-refractivity contribution is -0.121. The number of rotatable bonds is 4. The van der Waals surface area contributed by atoms with Gasteiger partial charge in [-0.25, -0.2) is 4.39 Å². The van der Waals surface area contributed by atoms with Crippen molar-refractivity contribution >= 4 is 16.8 Å². The zero-order valence-corrected chi connectivity index (χ0v) is 11.4. The lowest BCUT2D eigenvalue weighted by Gasteiger charge is -2.07. The summed E-state index contributed by atoms with van der Waals surface area (Å²) in [5, 5.41) is 3.95. The first-order chi connectivity index (χ1) is 10.2.